The van der Waals surface area contributed by atoms with Crippen molar-refractivity contribution in [1.29, 1.82) is 0 Å². The van der Waals surface area contributed by atoms with E-state index in [1.807, 2.05) is 42.5 Å². The highest BCUT2D eigenvalue weighted by atomic mass is 16.5. The predicted octanol–water partition coefficient (Wildman–Crippen LogP) is 3.14. The number of carbonyl (C=O) groups is 1. The summed E-state index contributed by atoms with van der Waals surface area (Å²) in [6.45, 7) is 0. The van der Waals surface area contributed by atoms with E-state index in [0.717, 1.165) is 11.3 Å². The lowest BCUT2D eigenvalue weighted by Gasteiger charge is -2.14. The lowest BCUT2D eigenvalue weighted by atomic mass is 10.00. The van der Waals surface area contributed by atoms with Crippen molar-refractivity contribution >= 4 is 5.78 Å². The van der Waals surface area contributed by atoms with E-state index < -0.39 is 6.10 Å². The number of Topliss-reactive ketones (excluding diaryl/α,β-unsaturated/α-hetero) is 1. The van der Waals surface area contributed by atoms with Gasteiger partial charge in [-0.1, -0.05) is 42.5 Å². The first-order valence-electron chi connectivity index (χ1n) is 6.49. The summed E-state index contributed by atoms with van der Waals surface area (Å²) in [5, 5.41) is 0. The fourth-order valence-electron chi connectivity index (χ4n) is 2.08. The van der Waals surface area contributed by atoms with E-state index >= 15 is 0 Å². The summed E-state index contributed by atoms with van der Waals surface area (Å²) in [5.74, 6) is 0.778. The van der Waals surface area contributed by atoms with E-state index in [0.29, 0.717) is 12.0 Å². The molecule has 0 N–H and O–H groups in total. The lowest BCUT2D eigenvalue weighted by molar-refractivity contribution is 0.0606. The molecule has 0 aliphatic carbocycles. The van der Waals surface area contributed by atoms with Gasteiger partial charge in [-0.2, -0.15) is 0 Å². The predicted molar refractivity (Wildman–Crippen MR) is 78.3 cm³/mol. The van der Waals surface area contributed by atoms with Crippen molar-refractivity contribution in [3.8, 4) is 5.75 Å². The third-order valence-electron chi connectivity index (χ3n) is 3.19. The number of ketones is 1. The van der Waals surface area contributed by atoms with Gasteiger partial charge in [-0.3, -0.25) is 4.79 Å². The van der Waals surface area contributed by atoms with E-state index in [9.17, 15) is 4.79 Å². The normalized spacial score (nSPS) is 11.9. The van der Waals surface area contributed by atoms with Crippen LogP contribution in [-0.4, -0.2) is 26.1 Å². The summed E-state index contributed by atoms with van der Waals surface area (Å²) >= 11 is 0. The molecule has 2 aromatic carbocycles. The second-order valence-electron chi connectivity index (χ2n) is 4.51. The van der Waals surface area contributed by atoms with Crippen LogP contribution in [0.25, 0.3) is 0 Å². The minimum absolute atomic E-state index is 0.00378. The summed E-state index contributed by atoms with van der Waals surface area (Å²) in [5.41, 5.74) is 1.68. The zero-order chi connectivity index (χ0) is 14.4. The topological polar surface area (TPSA) is 35.5 Å². The second kappa shape index (κ2) is 6.87. The van der Waals surface area contributed by atoms with Crippen LogP contribution in [0.1, 0.15) is 15.9 Å². The minimum Gasteiger partial charge on any atom is -0.497 e. The zero-order valence-corrected chi connectivity index (χ0v) is 11.7. The molecule has 0 spiro atoms. The molecule has 20 heavy (non-hydrogen) atoms. The molecule has 0 saturated carbocycles. The van der Waals surface area contributed by atoms with E-state index in [1.54, 1.807) is 26.4 Å². The summed E-state index contributed by atoms with van der Waals surface area (Å²) in [7, 11) is 3.19. The van der Waals surface area contributed by atoms with Gasteiger partial charge in [-0.15, -0.1) is 0 Å². The molecular weight excluding hydrogens is 252 g/mol. The summed E-state index contributed by atoms with van der Waals surface area (Å²) in [4.78, 5) is 12.4. The number of rotatable bonds is 6. The van der Waals surface area contributed by atoms with Gasteiger partial charge >= 0.3 is 0 Å². The number of hydrogen-bond acceptors (Lipinski definition) is 3. The Morgan fingerprint density at radius 2 is 1.80 bits per heavy atom. The van der Waals surface area contributed by atoms with Crippen LogP contribution in [0.2, 0.25) is 0 Å². The van der Waals surface area contributed by atoms with E-state index in [4.69, 9.17) is 9.47 Å². The largest absolute Gasteiger partial charge is 0.497 e. The molecule has 2 aromatic rings. The first kappa shape index (κ1) is 14.3. The molecule has 2 rings (SSSR count). The standard InChI is InChI=1S/C17H18O3/c1-19-15-10-6-7-13(11-15)12-16(20-2)17(18)14-8-4-3-5-9-14/h3-11,16H,12H2,1-2H3. The van der Waals surface area contributed by atoms with Crippen LogP contribution in [0.4, 0.5) is 0 Å². The third-order valence-corrected chi connectivity index (χ3v) is 3.19. The molecule has 0 radical (unpaired) electrons. The molecule has 0 aliphatic heterocycles. The smallest absolute Gasteiger partial charge is 0.191 e. The highest BCUT2D eigenvalue weighted by Gasteiger charge is 2.19. The van der Waals surface area contributed by atoms with E-state index in [-0.39, 0.29) is 5.78 Å². The molecular formula is C17H18O3. The van der Waals surface area contributed by atoms with Crippen molar-refractivity contribution < 1.29 is 14.3 Å². The molecule has 0 aliphatic rings. The van der Waals surface area contributed by atoms with Gasteiger partial charge < -0.3 is 9.47 Å². The number of methoxy groups -OCH3 is 2. The van der Waals surface area contributed by atoms with Crippen LogP contribution in [-0.2, 0) is 11.2 Å². The van der Waals surface area contributed by atoms with Gasteiger partial charge in [0.2, 0.25) is 0 Å². The Morgan fingerprint density at radius 3 is 2.45 bits per heavy atom. The quantitative estimate of drug-likeness (QED) is 0.756. The molecule has 0 saturated heterocycles. The van der Waals surface area contributed by atoms with Crippen molar-refractivity contribution in [3.05, 3.63) is 65.7 Å². The fraction of sp³-hybridized carbons (Fsp3) is 0.235. The van der Waals surface area contributed by atoms with Crippen LogP contribution in [0.3, 0.4) is 0 Å². The maximum absolute atomic E-state index is 12.4. The molecule has 104 valence electrons. The van der Waals surface area contributed by atoms with Crippen molar-refractivity contribution in [3.63, 3.8) is 0 Å². The van der Waals surface area contributed by atoms with Gasteiger partial charge in [0, 0.05) is 19.1 Å². The van der Waals surface area contributed by atoms with Crippen LogP contribution in [0.15, 0.2) is 54.6 Å². The monoisotopic (exact) mass is 270 g/mol. The molecule has 3 heteroatoms. The Kier molecular flexibility index (Phi) is 4.91. The first-order chi connectivity index (χ1) is 9.74. The van der Waals surface area contributed by atoms with Gasteiger partial charge in [0.1, 0.15) is 11.9 Å². The molecule has 3 nitrogen and oxygen atoms in total. The molecule has 0 fully saturated rings. The van der Waals surface area contributed by atoms with Crippen molar-refractivity contribution in [1.82, 2.24) is 0 Å². The van der Waals surface area contributed by atoms with Crippen molar-refractivity contribution in [2.75, 3.05) is 14.2 Å². The van der Waals surface area contributed by atoms with Gasteiger partial charge in [0.15, 0.2) is 5.78 Å². The van der Waals surface area contributed by atoms with Gasteiger partial charge in [-0.25, -0.2) is 0 Å². The maximum Gasteiger partial charge on any atom is 0.191 e. The van der Waals surface area contributed by atoms with Gasteiger partial charge in [0.05, 0.1) is 7.11 Å². The van der Waals surface area contributed by atoms with Crippen LogP contribution < -0.4 is 4.74 Å². The molecule has 0 bridgehead atoms. The summed E-state index contributed by atoms with van der Waals surface area (Å²) in [6, 6.07) is 16.9. The average Bonchev–Trinajstić information content (AvgIpc) is 2.53. The highest BCUT2D eigenvalue weighted by molar-refractivity contribution is 5.99. The van der Waals surface area contributed by atoms with Crippen LogP contribution in [0, 0.1) is 0 Å². The summed E-state index contributed by atoms with van der Waals surface area (Å²) < 4.78 is 10.5. The zero-order valence-electron chi connectivity index (χ0n) is 11.7. The molecule has 0 heterocycles. The number of ether oxygens (including phenoxy) is 2. The third kappa shape index (κ3) is 3.45. The SMILES string of the molecule is COc1cccc(CC(OC)C(=O)c2ccccc2)c1. The number of carbonyl (C=O) groups excluding carboxylic acids is 1. The molecule has 0 aromatic heterocycles. The molecule has 0 amide bonds. The Balaban J connectivity index is 2.14. The second-order valence-corrected chi connectivity index (χ2v) is 4.51. The van der Waals surface area contributed by atoms with Crippen LogP contribution in [0.5, 0.6) is 5.75 Å². The number of benzene rings is 2. The Hall–Kier alpha value is -2.13. The number of hydrogen-bond donors (Lipinski definition) is 0. The van der Waals surface area contributed by atoms with Crippen molar-refractivity contribution in [2.24, 2.45) is 0 Å². The Labute approximate surface area is 119 Å². The molecule has 1 atom stereocenters. The molecule has 1 unspecified atom stereocenters. The maximum atomic E-state index is 12.4. The highest BCUT2D eigenvalue weighted by Crippen LogP contribution is 2.16. The van der Waals surface area contributed by atoms with E-state index in [2.05, 4.69) is 0 Å². The fourth-order valence-corrected chi connectivity index (χ4v) is 2.08. The lowest BCUT2D eigenvalue weighted by Crippen LogP contribution is -2.25. The summed E-state index contributed by atoms with van der Waals surface area (Å²) in [6.07, 6.45) is 0.0473. The Bertz CT molecular complexity index is 563. The van der Waals surface area contributed by atoms with Crippen LogP contribution >= 0.6 is 0 Å². The first-order valence-corrected chi connectivity index (χ1v) is 6.49. The Morgan fingerprint density at radius 1 is 1.05 bits per heavy atom. The average molecular weight is 270 g/mol. The van der Waals surface area contributed by atoms with Crippen molar-refractivity contribution in [2.45, 2.75) is 12.5 Å². The minimum atomic E-state index is -0.482. The van der Waals surface area contributed by atoms with E-state index in [1.165, 1.54) is 0 Å². The van der Waals surface area contributed by atoms with Gasteiger partial charge in [-0.05, 0) is 17.7 Å². The van der Waals surface area contributed by atoms with Gasteiger partial charge in [0.25, 0.3) is 0 Å².